The van der Waals surface area contributed by atoms with Crippen molar-refractivity contribution in [2.75, 3.05) is 11.5 Å². The van der Waals surface area contributed by atoms with Crippen molar-refractivity contribution in [1.29, 1.82) is 0 Å². The van der Waals surface area contributed by atoms with Gasteiger partial charge in [-0.05, 0) is 18.2 Å². The minimum Gasteiger partial charge on any atom is -0.397 e. The summed E-state index contributed by atoms with van der Waals surface area (Å²) in [5, 5.41) is 11.0. The first kappa shape index (κ1) is 12.1. The molecule has 0 unspecified atom stereocenters. The Hall–Kier alpha value is -0.940. The molecule has 2 N–H and O–H groups in total. The number of nitro benzene ring substituents is 1. The van der Waals surface area contributed by atoms with Crippen LogP contribution in [0.2, 0.25) is 5.02 Å². The van der Waals surface area contributed by atoms with Crippen LogP contribution in [0.5, 0.6) is 0 Å². The summed E-state index contributed by atoms with van der Waals surface area (Å²) in [5.41, 5.74) is 5.99. The highest BCUT2D eigenvalue weighted by Crippen LogP contribution is 2.35. The van der Waals surface area contributed by atoms with Gasteiger partial charge in [-0.2, -0.15) is 0 Å². The number of nitrogens with zero attached hydrogens (tertiary/aromatic N) is 1. The Balaban J connectivity index is 3.10. The fraction of sp³-hybridized carbons (Fsp3) is 0.333. The van der Waals surface area contributed by atoms with Crippen LogP contribution in [0.4, 0.5) is 11.4 Å². The van der Waals surface area contributed by atoms with Crippen molar-refractivity contribution in [2.45, 2.75) is 18.2 Å². The molecule has 0 atom stereocenters. The highest BCUT2D eigenvalue weighted by molar-refractivity contribution is 7.99. The van der Waals surface area contributed by atoms with Gasteiger partial charge >= 0.3 is 0 Å². The Labute approximate surface area is 96.9 Å². The van der Waals surface area contributed by atoms with Gasteiger partial charge in [-0.1, -0.05) is 18.5 Å². The Morgan fingerprint density at radius 1 is 1.60 bits per heavy atom. The predicted octanol–water partition coefficient (Wildman–Crippen LogP) is 3.33. The van der Waals surface area contributed by atoms with Gasteiger partial charge in [-0.15, -0.1) is 11.8 Å². The molecule has 0 saturated heterocycles. The van der Waals surface area contributed by atoms with E-state index in [2.05, 4.69) is 0 Å². The highest BCUT2D eigenvalue weighted by atomic mass is 35.5. The van der Waals surface area contributed by atoms with Crippen molar-refractivity contribution in [1.82, 2.24) is 0 Å². The topological polar surface area (TPSA) is 69.2 Å². The zero-order chi connectivity index (χ0) is 11.4. The van der Waals surface area contributed by atoms with E-state index in [0.717, 1.165) is 12.2 Å². The SMILES string of the molecule is CCCSc1cc(N)c(Cl)cc1[N+](=O)[O-]. The second-order valence-electron chi connectivity index (χ2n) is 2.95. The number of rotatable bonds is 4. The predicted molar refractivity (Wildman–Crippen MR) is 63.5 cm³/mol. The third-order valence-electron chi connectivity index (χ3n) is 1.74. The quantitative estimate of drug-likeness (QED) is 0.383. The van der Waals surface area contributed by atoms with Crippen LogP contribution in [0.3, 0.4) is 0 Å². The first-order chi connectivity index (χ1) is 7.06. The monoisotopic (exact) mass is 246 g/mol. The molecule has 0 heterocycles. The van der Waals surface area contributed by atoms with Crippen molar-refractivity contribution >= 4 is 34.7 Å². The largest absolute Gasteiger partial charge is 0.397 e. The zero-order valence-electron chi connectivity index (χ0n) is 8.20. The number of anilines is 1. The molecule has 0 radical (unpaired) electrons. The maximum absolute atomic E-state index is 10.7. The van der Waals surface area contributed by atoms with E-state index in [9.17, 15) is 10.1 Å². The minimum absolute atomic E-state index is 0.0210. The van der Waals surface area contributed by atoms with Crippen LogP contribution in [0.1, 0.15) is 13.3 Å². The molecule has 0 bridgehead atoms. The van der Waals surface area contributed by atoms with Crippen LogP contribution < -0.4 is 5.73 Å². The van der Waals surface area contributed by atoms with Crippen LogP contribution in [-0.2, 0) is 0 Å². The number of hydrogen-bond acceptors (Lipinski definition) is 4. The Bertz CT molecular complexity index is 385. The van der Waals surface area contributed by atoms with Crippen LogP contribution in [-0.4, -0.2) is 10.7 Å². The van der Waals surface area contributed by atoms with Crippen LogP contribution in [0.15, 0.2) is 17.0 Å². The lowest BCUT2D eigenvalue weighted by atomic mass is 10.3. The normalized spacial score (nSPS) is 10.3. The molecule has 0 aliphatic carbocycles. The first-order valence-corrected chi connectivity index (χ1v) is 5.78. The second kappa shape index (κ2) is 5.23. The number of thioether (sulfide) groups is 1. The van der Waals surface area contributed by atoms with E-state index >= 15 is 0 Å². The van der Waals surface area contributed by atoms with Gasteiger partial charge in [0.15, 0.2) is 0 Å². The molecule has 0 spiro atoms. The van der Waals surface area contributed by atoms with E-state index < -0.39 is 4.92 Å². The molecule has 0 aliphatic rings. The Morgan fingerprint density at radius 3 is 2.80 bits per heavy atom. The third kappa shape index (κ3) is 3.00. The van der Waals surface area contributed by atoms with Gasteiger partial charge in [0.1, 0.15) is 0 Å². The van der Waals surface area contributed by atoms with E-state index in [0.29, 0.717) is 10.6 Å². The summed E-state index contributed by atoms with van der Waals surface area (Å²) < 4.78 is 0. The summed E-state index contributed by atoms with van der Waals surface area (Å²) in [5.74, 6) is 0.821. The fourth-order valence-electron chi connectivity index (χ4n) is 1.03. The van der Waals surface area contributed by atoms with Crippen molar-refractivity contribution in [3.05, 3.63) is 27.3 Å². The average Bonchev–Trinajstić information content (AvgIpc) is 2.19. The summed E-state index contributed by atoms with van der Waals surface area (Å²) in [6, 6.07) is 2.86. The van der Waals surface area contributed by atoms with Crippen molar-refractivity contribution in [2.24, 2.45) is 0 Å². The Kier molecular flexibility index (Phi) is 4.23. The minimum atomic E-state index is -0.441. The fourth-order valence-corrected chi connectivity index (χ4v) is 2.10. The summed E-state index contributed by atoms with van der Waals surface area (Å²) in [6.07, 6.45) is 0.949. The number of nitro groups is 1. The van der Waals surface area contributed by atoms with Crippen molar-refractivity contribution < 1.29 is 4.92 Å². The molecule has 1 aromatic carbocycles. The van der Waals surface area contributed by atoms with Gasteiger partial charge in [-0.3, -0.25) is 10.1 Å². The summed E-state index contributed by atoms with van der Waals surface area (Å²) >= 11 is 7.14. The van der Waals surface area contributed by atoms with Gasteiger partial charge in [0.05, 0.1) is 20.5 Å². The lowest BCUT2D eigenvalue weighted by Crippen LogP contribution is -1.95. The standard InChI is InChI=1S/C9H11ClN2O2S/c1-2-3-15-9-5-7(11)6(10)4-8(9)12(13)14/h4-5H,2-3,11H2,1H3. The van der Waals surface area contributed by atoms with E-state index in [1.807, 2.05) is 6.92 Å². The van der Waals surface area contributed by atoms with Crippen LogP contribution in [0.25, 0.3) is 0 Å². The number of benzene rings is 1. The van der Waals surface area contributed by atoms with Gasteiger partial charge in [0.25, 0.3) is 5.69 Å². The zero-order valence-corrected chi connectivity index (χ0v) is 9.77. The smallest absolute Gasteiger partial charge is 0.284 e. The van der Waals surface area contributed by atoms with Gasteiger partial charge in [-0.25, -0.2) is 0 Å². The molecule has 6 heteroatoms. The number of halogens is 1. The molecule has 0 aliphatic heterocycles. The van der Waals surface area contributed by atoms with E-state index in [1.54, 1.807) is 6.07 Å². The highest BCUT2D eigenvalue weighted by Gasteiger charge is 2.16. The number of nitrogens with two attached hydrogens (primary N) is 1. The summed E-state index contributed by atoms with van der Waals surface area (Å²) in [6.45, 7) is 2.01. The second-order valence-corrected chi connectivity index (χ2v) is 4.49. The van der Waals surface area contributed by atoms with E-state index in [4.69, 9.17) is 17.3 Å². The summed E-state index contributed by atoms with van der Waals surface area (Å²) in [4.78, 5) is 10.9. The first-order valence-electron chi connectivity index (χ1n) is 4.42. The van der Waals surface area contributed by atoms with E-state index in [-0.39, 0.29) is 10.7 Å². The molecule has 0 aromatic heterocycles. The van der Waals surface area contributed by atoms with E-state index in [1.165, 1.54) is 17.8 Å². The molecule has 1 rings (SSSR count). The van der Waals surface area contributed by atoms with Gasteiger partial charge < -0.3 is 5.73 Å². The lowest BCUT2D eigenvalue weighted by Gasteiger charge is -2.04. The lowest BCUT2D eigenvalue weighted by molar-refractivity contribution is -0.387. The van der Waals surface area contributed by atoms with Crippen LogP contribution in [0, 0.1) is 10.1 Å². The van der Waals surface area contributed by atoms with Gasteiger partial charge in [0.2, 0.25) is 0 Å². The maximum atomic E-state index is 10.7. The molecule has 0 saturated carbocycles. The molecule has 15 heavy (non-hydrogen) atoms. The Morgan fingerprint density at radius 2 is 2.27 bits per heavy atom. The maximum Gasteiger partial charge on any atom is 0.284 e. The van der Waals surface area contributed by atoms with Crippen molar-refractivity contribution in [3.63, 3.8) is 0 Å². The molecular formula is C9H11ClN2O2S. The van der Waals surface area contributed by atoms with Gasteiger partial charge in [0, 0.05) is 6.07 Å². The van der Waals surface area contributed by atoms with Crippen LogP contribution >= 0.6 is 23.4 Å². The molecule has 0 fully saturated rings. The summed E-state index contributed by atoms with van der Waals surface area (Å²) in [7, 11) is 0. The molecule has 82 valence electrons. The molecular weight excluding hydrogens is 236 g/mol. The third-order valence-corrected chi connectivity index (χ3v) is 3.31. The average molecular weight is 247 g/mol. The number of hydrogen-bond donors (Lipinski definition) is 1. The molecule has 0 amide bonds. The number of nitrogen functional groups attached to an aromatic ring is 1. The molecule has 4 nitrogen and oxygen atoms in total. The molecule has 1 aromatic rings. The van der Waals surface area contributed by atoms with Crippen molar-refractivity contribution in [3.8, 4) is 0 Å².